The SMILES string of the molecule is Cc1nn(CN2CCC[C@@H](O)C2)c(=O)c(C#N)c1C. The molecule has 6 heteroatoms. The van der Waals surface area contributed by atoms with E-state index in [1.54, 1.807) is 13.8 Å². The van der Waals surface area contributed by atoms with Crippen molar-refractivity contribution in [2.75, 3.05) is 13.1 Å². The molecule has 0 spiro atoms. The first-order chi connectivity index (χ1) is 9.02. The van der Waals surface area contributed by atoms with Crippen LogP contribution in [0.1, 0.15) is 29.7 Å². The standard InChI is InChI=1S/C13H18N4O2/c1-9-10(2)15-17(13(19)12(9)6-14)8-16-5-3-4-11(18)7-16/h11,18H,3-5,7-8H2,1-2H3/t11-/m1/s1. The van der Waals surface area contributed by atoms with Crippen molar-refractivity contribution < 1.29 is 5.11 Å². The molecule has 1 N–H and O–H groups in total. The fourth-order valence-corrected chi connectivity index (χ4v) is 2.35. The van der Waals surface area contributed by atoms with Gasteiger partial charge < -0.3 is 5.11 Å². The third-order valence-corrected chi connectivity index (χ3v) is 3.56. The summed E-state index contributed by atoms with van der Waals surface area (Å²) in [5.41, 5.74) is 1.13. The van der Waals surface area contributed by atoms with Crippen LogP contribution in [0.2, 0.25) is 0 Å². The van der Waals surface area contributed by atoms with Crippen LogP contribution in [0.5, 0.6) is 0 Å². The summed E-state index contributed by atoms with van der Waals surface area (Å²) in [6.07, 6.45) is 1.37. The summed E-state index contributed by atoms with van der Waals surface area (Å²) < 4.78 is 1.32. The second-order valence-corrected chi connectivity index (χ2v) is 5.02. The number of nitrogens with zero attached hydrogens (tertiary/aromatic N) is 4. The summed E-state index contributed by atoms with van der Waals surface area (Å²) in [6, 6.07) is 1.95. The van der Waals surface area contributed by atoms with Gasteiger partial charge in [-0.3, -0.25) is 9.69 Å². The minimum Gasteiger partial charge on any atom is -0.392 e. The van der Waals surface area contributed by atoms with E-state index in [2.05, 4.69) is 5.10 Å². The van der Waals surface area contributed by atoms with Gasteiger partial charge in [-0.2, -0.15) is 10.4 Å². The zero-order chi connectivity index (χ0) is 14.0. The molecule has 0 unspecified atom stereocenters. The first-order valence-corrected chi connectivity index (χ1v) is 6.41. The van der Waals surface area contributed by atoms with E-state index in [1.807, 2.05) is 11.0 Å². The molecule has 0 amide bonds. The van der Waals surface area contributed by atoms with E-state index in [0.717, 1.165) is 19.4 Å². The van der Waals surface area contributed by atoms with Gasteiger partial charge in [-0.05, 0) is 32.3 Å². The van der Waals surface area contributed by atoms with Crippen molar-refractivity contribution >= 4 is 0 Å². The maximum atomic E-state index is 12.1. The highest BCUT2D eigenvalue weighted by Gasteiger charge is 2.19. The summed E-state index contributed by atoms with van der Waals surface area (Å²) in [6.45, 7) is 5.23. The first kappa shape index (κ1) is 13.7. The minimum absolute atomic E-state index is 0.157. The zero-order valence-corrected chi connectivity index (χ0v) is 11.3. The molecule has 2 rings (SSSR count). The van der Waals surface area contributed by atoms with Gasteiger partial charge in [0.1, 0.15) is 11.6 Å². The van der Waals surface area contributed by atoms with Crippen molar-refractivity contribution in [1.82, 2.24) is 14.7 Å². The Kier molecular flexibility index (Phi) is 3.98. The monoisotopic (exact) mass is 262 g/mol. The summed E-state index contributed by atoms with van der Waals surface area (Å²) in [7, 11) is 0. The van der Waals surface area contributed by atoms with Crippen molar-refractivity contribution in [2.45, 2.75) is 39.5 Å². The molecule has 102 valence electrons. The predicted octanol–water partition coefficient (Wildman–Crippen LogP) is 0.146. The Morgan fingerprint density at radius 1 is 1.53 bits per heavy atom. The summed E-state index contributed by atoms with van der Waals surface area (Å²) in [5.74, 6) is 0. The lowest BCUT2D eigenvalue weighted by molar-refractivity contribution is 0.0504. The number of aromatic nitrogens is 2. The van der Waals surface area contributed by atoms with Gasteiger partial charge in [0.05, 0.1) is 18.5 Å². The highest BCUT2D eigenvalue weighted by Crippen LogP contribution is 2.11. The lowest BCUT2D eigenvalue weighted by atomic mass is 10.1. The van der Waals surface area contributed by atoms with Crippen molar-refractivity contribution in [3.05, 3.63) is 27.2 Å². The van der Waals surface area contributed by atoms with Crippen LogP contribution in [0.3, 0.4) is 0 Å². The number of aryl methyl sites for hydroxylation is 1. The number of hydrogen-bond acceptors (Lipinski definition) is 5. The average Bonchev–Trinajstić information content (AvgIpc) is 2.37. The molecule has 0 radical (unpaired) electrons. The van der Waals surface area contributed by atoms with Crippen molar-refractivity contribution in [3.8, 4) is 6.07 Å². The molecule has 1 aromatic rings. The smallest absolute Gasteiger partial charge is 0.286 e. The predicted molar refractivity (Wildman–Crippen MR) is 69.5 cm³/mol. The van der Waals surface area contributed by atoms with Gasteiger partial charge in [0.15, 0.2) is 0 Å². The minimum atomic E-state index is -0.356. The van der Waals surface area contributed by atoms with Gasteiger partial charge in [-0.25, -0.2) is 4.68 Å². The molecule has 1 saturated heterocycles. The Labute approximate surface area is 111 Å². The van der Waals surface area contributed by atoms with E-state index in [0.29, 0.717) is 24.5 Å². The van der Waals surface area contributed by atoms with Crippen LogP contribution < -0.4 is 5.56 Å². The van der Waals surface area contributed by atoms with E-state index in [4.69, 9.17) is 5.26 Å². The van der Waals surface area contributed by atoms with Gasteiger partial charge in [0, 0.05) is 13.1 Å². The summed E-state index contributed by atoms with van der Waals surface area (Å²) in [5, 5.41) is 22.9. The molecule has 0 aliphatic carbocycles. The van der Waals surface area contributed by atoms with E-state index in [-0.39, 0.29) is 17.2 Å². The maximum absolute atomic E-state index is 12.1. The molecule has 1 atom stereocenters. The third-order valence-electron chi connectivity index (χ3n) is 3.56. The molecule has 1 aromatic heterocycles. The number of rotatable bonds is 2. The second-order valence-electron chi connectivity index (χ2n) is 5.02. The Morgan fingerprint density at radius 3 is 2.89 bits per heavy atom. The number of aliphatic hydroxyl groups is 1. The molecule has 0 aromatic carbocycles. The first-order valence-electron chi connectivity index (χ1n) is 6.41. The summed E-state index contributed by atoms with van der Waals surface area (Å²) in [4.78, 5) is 14.1. The van der Waals surface area contributed by atoms with Crippen LogP contribution in [-0.4, -0.2) is 39.0 Å². The Balaban J connectivity index is 2.28. The average molecular weight is 262 g/mol. The summed E-state index contributed by atoms with van der Waals surface area (Å²) >= 11 is 0. The number of β-amino-alcohol motifs (C(OH)–C–C–N with tert-alkyl or cyclic N) is 1. The molecule has 1 fully saturated rings. The van der Waals surface area contributed by atoms with Crippen LogP contribution in [0.25, 0.3) is 0 Å². The van der Waals surface area contributed by atoms with Crippen LogP contribution in [0.4, 0.5) is 0 Å². The van der Waals surface area contributed by atoms with Crippen LogP contribution in [-0.2, 0) is 6.67 Å². The van der Waals surface area contributed by atoms with E-state index < -0.39 is 0 Å². The quantitative estimate of drug-likeness (QED) is 0.820. The topological polar surface area (TPSA) is 82.2 Å². The zero-order valence-electron chi connectivity index (χ0n) is 11.3. The number of likely N-dealkylation sites (tertiary alicyclic amines) is 1. The Bertz CT molecular complexity index is 573. The lowest BCUT2D eigenvalue weighted by Crippen LogP contribution is -2.42. The molecule has 6 nitrogen and oxygen atoms in total. The van der Waals surface area contributed by atoms with Gasteiger partial charge >= 0.3 is 0 Å². The van der Waals surface area contributed by atoms with Gasteiger partial charge in [-0.15, -0.1) is 0 Å². The molecule has 0 bridgehead atoms. The van der Waals surface area contributed by atoms with Crippen LogP contribution in [0, 0.1) is 25.2 Å². The van der Waals surface area contributed by atoms with E-state index in [9.17, 15) is 9.90 Å². The van der Waals surface area contributed by atoms with Crippen LogP contribution >= 0.6 is 0 Å². The molecule has 1 aliphatic heterocycles. The van der Waals surface area contributed by atoms with Gasteiger partial charge in [0.2, 0.25) is 0 Å². The maximum Gasteiger partial charge on any atom is 0.286 e. The number of aliphatic hydroxyl groups excluding tert-OH is 1. The molecule has 0 saturated carbocycles. The number of hydrogen-bond donors (Lipinski definition) is 1. The van der Waals surface area contributed by atoms with Crippen molar-refractivity contribution in [3.63, 3.8) is 0 Å². The molecular formula is C13H18N4O2. The lowest BCUT2D eigenvalue weighted by Gasteiger charge is -2.29. The molecule has 1 aliphatic rings. The largest absolute Gasteiger partial charge is 0.392 e. The van der Waals surface area contributed by atoms with Crippen molar-refractivity contribution in [2.24, 2.45) is 0 Å². The van der Waals surface area contributed by atoms with Crippen molar-refractivity contribution in [1.29, 1.82) is 5.26 Å². The highest BCUT2D eigenvalue weighted by molar-refractivity contribution is 5.36. The molecule has 2 heterocycles. The Hall–Kier alpha value is -1.71. The van der Waals surface area contributed by atoms with E-state index >= 15 is 0 Å². The van der Waals surface area contributed by atoms with E-state index in [1.165, 1.54) is 4.68 Å². The molecule has 19 heavy (non-hydrogen) atoms. The second kappa shape index (κ2) is 5.51. The number of nitriles is 1. The Morgan fingerprint density at radius 2 is 2.26 bits per heavy atom. The highest BCUT2D eigenvalue weighted by atomic mass is 16.3. The molecular weight excluding hydrogens is 244 g/mol. The fourth-order valence-electron chi connectivity index (χ4n) is 2.35. The normalized spacial score (nSPS) is 20.2. The van der Waals surface area contributed by atoms with Gasteiger partial charge in [0.25, 0.3) is 5.56 Å². The van der Waals surface area contributed by atoms with Gasteiger partial charge in [-0.1, -0.05) is 0 Å². The number of piperidine rings is 1. The third kappa shape index (κ3) is 2.83. The fraction of sp³-hybridized carbons (Fsp3) is 0.615. The van der Waals surface area contributed by atoms with Crippen LogP contribution in [0.15, 0.2) is 4.79 Å².